The molecule has 0 heterocycles. The third kappa shape index (κ3) is 3.94. The SMILES string of the molecule is COc1ccc(COC(=O)c2cc(OC)c(C)c(OC)c2)cc1. The molecule has 0 aromatic heterocycles. The number of benzene rings is 2. The van der Waals surface area contributed by atoms with Gasteiger partial charge in [-0.2, -0.15) is 0 Å². The Kier molecular flexibility index (Phi) is 5.46. The number of hydrogen-bond acceptors (Lipinski definition) is 5. The molecule has 0 saturated carbocycles. The maximum absolute atomic E-state index is 12.2. The van der Waals surface area contributed by atoms with Gasteiger partial charge < -0.3 is 18.9 Å². The van der Waals surface area contributed by atoms with Crippen LogP contribution in [0.5, 0.6) is 17.2 Å². The van der Waals surface area contributed by atoms with Gasteiger partial charge in [-0.05, 0) is 36.8 Å². The molecule has 2 aromatic carbocycles. The van der Waals surface area contributed by atoms with Crippen LogP contribution < -0.4 is 14.2 Å². The number of carbonyl (C=O) groups is 1. The molecule has 0 bridgehead atoms. The van der Waals surface area contributed by atoms with E-state index >= 15 is 0 Å². The van der Waals surface area contributed by atoms with Gasteiger partial charge in [0.1, 0.15) is 23.9 Å². The second-order valence-corrected chi connectivity index (χ2v) is 4.93. The monoisotopic (exact) mass is 316 g/mol. The molecule has 0 unspecified atom stereocenters. The Hall–Kier alpha value is -2.69. The average molecular weight is 316 g/mol. The summed E-state index contributed by atoms with van der Waals surface area (Å²) in [5.41, 5.74) is 2.10. The average Bonchev–Trinajstić information content (AvgIpc) is 2.60. The van der Waals surface area contributed by atoms with Gasteiger partial charge in [0.2, 0.25) is 0 Å². The molecule has 0 N–H and O–H groups in total. The molecule has 23 heavy (non-hydrogen) atoms. The molecule has 0 aliphatic rings. The second kappa shape index (κ2) is 7.54. The van der Waals surface area contributed by atoms with Gasteiger partial charge in [0.25, 0.3) is 0 Å². The molecule has 122 valence electrons. The van der Waals surface area contributed by atoms with E-state index in [0.29, 0.717) is 17.1 Å². The van der Waals surface area contributed by atoms with Gasteiger partial charge in [-0.1, -0.05) is 12.1 Å². The van der Waals surface area contributed by atoms with Crippen LogP contribution in [0.2, 0.25) is 0 Å². The normalized spacial score (nSPS) is 10.1. The first-order chi connectivity index (χ1) is 11.1. The predicted octanol–water partition coefficient (Wildman–Crippen LogP) is 3.38. The molecule has 0 saturated heterocycles. The fourth-order valence-corrected chi connectivity index (χ4v) is 2.16. The van der Waals surface area contributed by atoms with Crippen LogP contribution >= 0.6 is 0 Å². The summed E-state index contributed by atoms with van der Waals surface area (Å²) in [7, 11) is 4.70. The van der Waals surface area contributed by atoms with E-state index in [1.165, 1.54) is 0 Å². The molecular weight excluding hydrogens is 296 g/mol. The lowest BCUT2D eigenvalue weighted by Crippen LogP contribution is -2.07. The lowest BCUT2D eigenvalue weighted by atomic mass is 10.1. The Balaban J connectivity index is 2.10. The summed E-state index contributed by atoms with van der Waals surface area (Å²) < 4.78 is 21.0. The van der Waals surface area contributed by atoms with Crippen molar-refractivity contribution >= 4 is 5.97 Å². The minimum absolute atomic E-state index is 0.182. The van der Waals surface area contributed by atoms with Crippen molar-refractivity contribution in [2.75, 3.05) is 21.3 Å². The predicted molar refractivity (Wildman–Crippen MR) is 86.4 cm³/mol. The summed E-state index contributed by atoms with van der Waals surface area (Å²) in [6.07, 6.45) is 0. The molecular formula is C18H20O5. The first kappa shape index (κ1) is 16.7. The Morgan fingerprint density at radius 3 is 1.96 bits per heavy atom. The molecule has 5 heteroatoms. The van der Waals surface area contributed by atoms with Crippen molar-refractivity contribution in [3.8, 4) is 17.2 Å². The molecule has 0 atom stereocenters. The van der Waals surface area contributed by atoms with Crippen LogP contribution in [0.4, 0.5) is 0 Å². The van der Waals surface area contributed by atoms with Crippen LogP contribution in [0, 0.1) is 6.92 Å². The van der Waals surface area contributed by atoms with Crippen molar-refractivity contribution in [1.29, 1.82) is 0 Å². The number of ether oxygens (including phenoxy) is 4. The van der Waals surface area contributed by atoms with E-state index in [1.54, 1.807) is 33.5 Å². The summed E-state index contributed by atoms with van der Waals surface area (Å²) in [4.78, 5) is 12.2. The third-order valence-electron chi connectivity index (χ3n) is 3.52. The molecule has 0 fully saturated rings. The standard InChI is InChI=1S/C18H20O5/c1-12-16(21-3)9-14(10-17(12)22-4)18(19)23-11-13-5-7-15(20-2)8-6-13/h5-10H,11H2,1-4H3. The van der Waals surface area contributed by atoms with Crippen molar-refractivity contribution in [3.05, 3.63) is 53.1 Å². The topological polar surface area (TPSA) is 54.0 Å². The van der Waals surface area contributed by atoms with Crippen LogP contribution in [-0.4, -0.2) is 27.3 Å². The highest BCUT2D eigenvalue weighted by Crippen LogP contribution is 2.29. The van der Waals surface area contributed by atoms with Crippen LogP contribution in [-0.2, 0) is 11.3 Å². The molecule has 5 nitrogen and oxygen atoms in total. The van der Waals surface area contributed by atoms with Crippen molar-refractivity contribution in [2.45, 2.75) is 13.5 Å². The van der Waals surface area contributed by atoms with E-state index in [2.05, 4.69) is 0 Å². The first-order valence-electron chi connectivity index (χ1n) is 7.11. The molecule has 0 spiro atoms. The fraction of sp³-hybridized carbons (Fsp3) is 0.278. The quantitative estimate of drug-likeness (QED) is 0.765. The zero-order chi connectivity index (χ0) is 16.8. The molecule has 2 aromatic rings. The molecule has 2 rings (SSSR count). The second-order valence-electron chi connectivity index (χ2n) is 4.93. The summed E-state index contributed by atoms with van der Waals surface area (Å²) in [5.74, 6) is 1.49. The zero-order valence-electron chi connectivity index (χ0n) is 13.7. The Labute approximate surface area is 135 Å². The highest BCUT2D eigenvalue weighted by Gasteiger charge is 2.14. The Morgan fingerprint density at radius 2 is 1.48 bits per heavy atom. The van der Waals surface area contributed by atoms with Gasteiger partial charge in [0.05, 0.1) is 26.9 Å². The van der Waals surface area contributed by atoms with Crippen molar-refractivity contribution in [1.82, 2.24) is 0 Å². The first-order valence-corrected chi connectivity index (χ1v) is 7.11. The maximum Gasteiger partial charge on any atom is 0.338 e. The zero-order valence-corrected chi connectivity index (χ0v) is 13.7. The van der Waals surface area contributed by atoms with E-state index < -0.39 is 5.97 Å². The Bertz CT molecular complexity index is 651. The number of carbonyl (C=O) groups excluding carboxylic acids is 1. The molecule has 0 amide bonds. The largest absolute Gasteiger partial charge is 0.497 e. The van der Waals surface area contributed by atoms with E-state index in [1.807, 2.05) is 31.2 Å². The van der Waals surface area contributed by atoms with E-state index in [-0.39, 0.29) is 6.61 Å². The number of rotatable bonds is 6. The lowest BCUT2D eigenvalue weighted by molar-refractivity contribution is 0.0472. The summed E-state index contributed by atoms with van der Waals surface area (Å²) in [6, 6.07) is 10.6. The highest BCUT2D eigenvalue weighted by atomic mass is 16.5. The van der Waals surface area contributed by atoms with Crippen molar-refractivity contribution in [2.24, 2.45) is 0 Å². The smallest absolute Gasteiger partial charge is 0.338 e. The number of esters is 1. The van der Waals surface area contributed by atoms with Gasteiger partial charge in [-0.25, -0.2) is 4.79 Å². The van der Waals surface area contributed by atoms with Gasteiger partial charge in [-0.3, -0.25) is 0 Å². The number of methoxy groups -OCH3 is 3. The van der Waals surface area contributed by atoms with Crippen molar-refractivity contribution < 1.29 is 23.7 Å². The lowest BCUT2D eigenvalue weighted by Gasteiger charge is -2.12. The minimum Gasteiger partial charge on any atom is -0.497 e. The van der Waals surface area contributed by atoms with Gasteiger partial charge in [0, 0.05) is 5.56 Å². The van der Waals surface area contributed by atoms with Crippen LogP contribution in [0.25, 0.3) is 0 Å². The third-order valence-corrected chi connectivity index (χ3v) is 3.52. The van der Waals surface area contributed by atoms with Crippen molar-refractivity contribution in [3.63, 3.8) is 0 Å². The summed E-state index contributed by atoms with van der Waals surface area (Å²) >= 11 is 0. The molecule has 0 aliphatic carbocycles. The van der Waals surface area contributed by atoms with Gasteiger partial charge in [0.15, 0.2) is 0 Å². The van der Waals surface area contributed by atoms with E-state index in [9.17, 15) is 4.79 Å². The van der Waals surface area contributed by atoms with Gasteiger partial charge >= 0.3 is 5.97 Å². The highest BCUT2D eigenvalue weighted by molar-refractivity contribution is 5.90. The molecule has 0 radical (unpaired) electrons. The van der Waals surface area contributed by atoms with Crippen LogP contribution in [0.3, 0.4) is 0 Å². The van der Waals surface area contributed by atoms with E-state index in [4.69, 9.17) is 18.9 Å². The maximum atomic E-state index is 12.2. The Morgan fingerprint density at radius 1 is 0.913 bits per heavy atom. The molecule has 0 aliphatic heterocycles. The van der Waals surface area contributed by atoms with Gasteiger partial charge in [-0.15, -0.1) is 0 Å². The van der Waals surface area contributed by atoms with Crippen LogP contribution in [0.1, 0.15) is 21.5 Å². The summed E-state index contributed by atoms with van der Waals surface area (Å²) in [6.45, 7) is 2.05. The van der Waals surface area contributed by atoms with E-state index in [0.717, 1.165) is 16.9 Å². The number of hydrogen-bond donors (Lipinski definition) is 0. The fourth-order valence-electron chi connectivity index (χ4n) is 2.16. The van der Waals surface area contributed by atoms with Crippen LogP contribution in [0.15, 0.2) is 36.4 Å². The summed E-state index contributed by atoms with van der Waals surface area (Å²) in [5, 5.41) is 0. The minimum atomic E-state index is -0.433.